The molecular formula is C18H25F3N2O. The van der Waals surface area contributed by atoms with Crippen molar-refractivity contribution in [1.82, 2.24) is 9.80 Å². The van der Waals surface area contributed by atoms with Gasteiger partial charge in [-0.1, -0.05) is 25.1 Å². The van der Waals surface area contributed by atoms with Gasteiger partial charge in [-0.15, -0.1) is 0 Å². The third kappa shape index (κ3) is 6.35. The van der Waals surface area contributed by atoms with Crippen molar-refractivity contribution in [3.8, 4) is 0 Å². The molecule has 0 N–H and O–H groups in total. The Morgan fingerprint density at radius 2 is 1.88 bits per heavy atom. The standard InChI is InChI=1S/C18H25F3N2O/c1-5-7-14(2)17(24)23(11-10-22(3)4)13-15-8-6-9-16(12-15)18(19,20)21/h6-9,12H,5,10-11,13H2,1-4H3/b14-7-. The number of carbonyl (C=O) groups excluding carboxylic acids is 1. The first kappa shape index (κ1) is 20.2. The van der Waals surface area contributed by atoms with Crippen molar-refractivity contribution in [3.05, 3.63) is 47.0 Å². The average Bonchev–Trinajstić information content (AvgIpc) is 2.50. The Balaban J connectivity index is 3.00. The van der Waals surface area contributed by atoms with E-state index in [0.717, 1.165) is 18.6 Å². The lowest BCUT2D eigenvalue weighted by Gasteiger charge is -2.25. The number of hydrogen-bond donors (Lipinski definition) is 0. The second kappa shape index (κ2) is 8.87. The molecule has 3 nitrogen and oxygen atoms in total. The Kier molecular flexibility index (Phi) is 7.48. The molecule has 1 amide bonds. The zero-order valence-corrected chi connectivity index (χ0v) is 14.7. The summed E-state index contributed by atoms with van der Waals surface area (Å²) >= 11 is 0. The Morgan fingerprint density at radius 1 is 1.21 bits per heavy atom. The molecule has 0 bridgehead atoms. The topological polar surface area (TPSA) is 23.6 Å². The minimum Gasteiger partial charge on any atom is -0.333 e. The van der Waals surface area contributed by atoms with E-state index in [1.54, 1.807) is 17.9 Å². The molecule has 0 unspecified atom stereocenters. The second-order valence-corrected chi connectivity index (χ2v) is 6.02. The van der Waals surface area contributed by atoms with Gasteiger partial charge in [0.2, 0.25) is 5.91 Å². The monoisotopic (exact) mass is 342 g/mol. The van der Waals surface area contributed by atoms with Gasteiger partial charge in [-0.25, -0.2) is 0 Å². The molecule has 0 spiro atoms. The van der Waals surface area contributed by atoms with Crippen LogP contribution in [0.3, 0.4) is 0 Å². The molecule has 0 atom stereocenters. The number of likely N-dealkylation sites (N-methyl/N-ethyl adjacent to an activating group) is 1. The summed E-state index contributed by atoms with van der Waals surface area (Å²) in [6.07, 6.45) is -1.81. The number of carbonyl (C=O) groups is 1. The third-order valence-corrected chi connectivity index (χ3v) is 3.58. The van der Waals surface area contributed by atoms with Gasteiger partial charge in [-0.2, -0.15) is 13.2 Å². The molecule has 0 saturated heterocycles. The number of nitrogens with zero attached hydrogens (tertiary/aromatic N) is 2. The van der Waals surface area contributed by atoms with Crippen LogP contribution < -0.4 is 0 Å². The fraction of sp³-hybridized carbons (Fsp3) is 0.500. The number of rotatable bonds is 7. The van der Waals surface area contributed by atoms with Crippen LogP contribution in [0.2, 0.25) is 0 Å². The smallest absolute Gasteiger partial charge is 0.333 e. The Hall–Kier alpha value is -1.82. The lowest BCUT2D eigenvalue weighted by molar-refractivity contribution is -0.137. The van der Waals surface area contributed by atoms with E-state index in [9.17, 15) is 18.0 Å². The van der Waals surface area contributed by atoms with E-state index in [4.69, 9.17) is 0 Å². The van der Waals surface area contributed by atoms with Crippen LogP contribution in [0.4, 0.5) is 13.2 Å². The summed E-state index contributed by atoms with van der Waals surface area (Å²) in [5.74, 6) is -0.142. The molecule has 1 aromatic rings. The van der Waals surface area contributed by atoms with E-state index in [0.29, 0.717) is 24.2 Å². The Morgan fingerprint density at radius 3 is 2.42 bits per heavy atom. The highest BCUT2D eigenvalue weighted by atomic mass is 19.4. The number of benzene rings is 1. The molecule has 0 aliphatic carbocycles. The third-order valence-electron chi connectivity index (χ3n) is 3.58. The predicted octanol–water partition coefficient (Wildman–Crippen LogP) is 3.95. The minimum atomic E-state index is -4.38. The van der Waals surface area contributed by atoms with Gasteiger partial charge in [0.05, 0.1) is 5.56 Å². The van der Waals surface area contributed by atoms with Gasteiger partial charge in [-0.05, 0) is 45.1 Å². The minimum absolute atomic E-state index is 0.142. The Bertz CT molecular complexity index is 580. The second-order valence-electron chi connectivity index (χ2n) is 6.02. The van der Waals surface area contributed by atoms with Crippen molar-refractivity contribution in [3.63, 3.8) is 0 Å². The fourth-order valence-electron chi connectivity index (χ4n) is 2.28. The van der Waals surface area contributed by atoms with Crippen LogP contribution in [-0.4, -0.2) is 42.9 Å². The number of amides is 1. The maximum absolute atomic E-state index is 12.9. The van der Waals surface area contributed by atoms with Crippen LogP contribution in [0.15, 0.2) is 35.9 Å². The van der Waals surface area contributed by atoms with Crippen LogP contribution in [0, 0.1) is 0 Å². The van der Waals surface area contributed by atoms with Crippen molar-refractivity contribution in [2.75, 3.05) is 27.2 Å². The largest absolute Gasteiger partial charge is 0.416 e. The maximum atomic E-state index is 12.9. The molecule has 0 heterocycles. The molecular weight excluding hydrogens is 317 g/mol. The molecule has 0 aliphatic rings. The first-order chi connectivity index (χ1) is 11.1. The molecule has 24 heavy (non-hydrogen) atoms. The van der Waals surface area contributed by atoms with Gasteiger partial charge in [0.15, 0.2) is 0 Å². The molecule has 0 fully saturated rings. The molecule has 0 saturated carbocycles. The molecule has 0 radical (unpaired) electrons. The molecule has 1 aromatic carbocycles. The van der Waals surface area contributed by atoms with Crippen LogP contribution in [0.5, 0.6) is 0 Å². The summed E-state index contributed by atoms with van der Waals surface area (Å²) in [5.41, 5.74) is 0.394. The predicted molar refractivity (Wildman–Crippen MR) is 89.5 cm³/mol. The zero-order valence-electron chi connectivity index (χ0n) is 14.7. The fourth-order valence-corrected chi connectivity index (χ4v) is 2.28. The maximum Gasteiger partial charge on any atom is 0.416 e. The summed E-state index contributed by atoms with van der Waals surface area (Å²) in [7, 11) is 3.78. The van der Waals surface area contributed by atoms with Gasteiger partial charge in [-0.3, -0.25) is 4.79 Å². The number of alkyl halides is 3. The summed E-state index contributed by atoms with van der Waals surface area (Å²) in [6.45, 7) is 4.93. The highest BCUT2D eigenvalue weighted by Gasteiger charge is 2.30. The summed E-state index contributed by atoms with van der Waals surface area (Å²) in [4.78, 5) is 16.1. The van der Waals surface area contributed by atoms with E-state index in [2.05, 4.69) is 0 Å². The van der Waals surface area contributed by atoms with Crippen LogP contribution in [0.25, 0.3) is 0 Å². The van der Waals surface area contributed by atoms with Crippen LogP contribution >= 0.6 is 0 Å². The SMILES string of the molecule is CC/C=C(/C)C(=O)N(CCN(C)C)Cc1cccc(C(F)(F)F)c1. The van der Waals surface area contributed by atoms with Crippen molar-refractivity contribution >= 4 is 5.91 Å². The van der Waals surface area contributed by atoms with Crippen LogP contribution in [-0.2, 0) is 17.5 Å². The summed E-state index contributed by atoms with van der Waals surface area (Å²) in [5, 5.41) is 0. The Labute approximate surface area is 141 Å². The van der Waals surface area contributed by atoms with Crippen molar-refractivity contribution in [2.24, 2.45) is 0 Å². The summed E-state index contributed by atoms with van der Waals surface area (Å²) < 4.78 is 38.6. The van der Waals surface area contributed by atoms with Crippen LogP contribution in [0.1, 0.15) is 31.4 Å². The first-order valence-corrected chi connectivity index (χ1v) is 7.92. The molecule has 6 heteroatoms. The zero-order chi connectivity index (χ0) is 18.3. The lowest BCUT2D eigenvalue weighted by atomic mass is 10.1. The normalized spacial score (nSPS) is 12.6. The van der Waals surface area contributed by atoms with E-state index >= 15 is 0 Å². The van der Waals surface area contributed by atoms with Gasteiger partial charge < -0.3 is 9.80 Å². The van der Waals surface area contributed by atoms with E-state index in [1.165, 1.54) is 6.07 Å². The average molecular weight is 342 g/mol. The highest BCUT2D eigenvalue weighted by molar-refractivity contribution is 5.92. The van der Waals surface area contributed by atoms with Crippen molar-refractivity contribution < 1.29 is 18.0 Å². The van der Waals surface area contributed by atoms with E-state index < -0.39 is 11.7 Å². The summed E-state index contributed by atoms with van der Waals surface area (Å²) in [6, 6.07) is 5.14. The molecule has 1 rings (SSSR count). The van der Waals surface area contributed by atoms with E-state index in [-0.39, 0.29) is 12.5 Å². The van der Waals surface area contributed by atoms with Crippen molar-refractivity contribution in [1.29, 1.82) is 0 Å². The van der Waals surface area contributed by atoms with Gasteiger partial charge in [0, 0.05) is 25.2 Å². The molecule has 0 aliphatic heterocycles. The van der Waals surface area contributed by atoms with E-state index in [1.807, 2.05) is 32.0 Å². The quantitative estimate of drug-likeness (QED) is 0.701. The number of allylic oxidation sites excluding steroid dienone is 1. The number of halogens is 3. The van der Waals surface area contributed by atoms with Gasteiger partial charge in [0.1, 0.15) is 0 Å². The molecule has 134 valence electrons. The van der Waals surface area contributed by atoms with Gasteiger partial charge in [0.25, 0.3) is 0 Å². The molecule has 0 aromatic heterocycles. The highest BCUT2D eigenvalue weighted by Crippen LogP contribution is 2.29. The number of hydrogen-bond acceptors (Lipinski definition) is 2. The van der Waals surface area contributed by atoms with Crippen molar-refractivity contribution in [2.45, 2.75) is 33.0 Å². The first-order valence-electron chi connectivity index (χ1n) is 7.92. The lowest BCUT2D eigenvalue weighted by Crippen LogP contribution is -2.36. The van der Waals surface area contributed by atoms with Gasteiger partial charge >= 0.3 is 6.18 Å².